The third-order valence-corrected chi connectivity index (χ3v) is 6.30. The maximum absolute atomic E-state index is 14.1. The van der Waals surface area contributed by atoms with Gasteiger partial charge in [0.15, 0.2) is 11.0 Å². The SMILES string of the molecule is Fc1ccc(CSc2nnc(COc3ccccc3Cl)n2C2CC2)c2ncccc12. The molecule has 1 saturated carbocycles. The molecule has 0 radical (unpaired) electrons. The maximum atomic E-state index is 14.1. The van der Waals surface area contributed by atoms with Crippen molar-refractivity contribution in [1.82, 2.24) is 19.7 Å². The van der Waals surface area contributed by atoms with Crippen molar-refractivity contribution in [3.05, 3.63) is 77.0 Å². The highest BCUT2D eigenvalue weighted by Crippen LogP contribution is 2.40. The van der Waals surface area contributed by atoms with Crippen LogP contribution in [0.4, 0.5) is 4.39 Å². The molecule has 5 rings (SSSR count). The lowest BCUT2D eigenvalue weighted by Crippen LogP contribution is -2.07. The van der Waals surface area contributed by atoms with E-state index in [0.717, 1.165) is 29.4 Å². The molecule has 0 bridgehead atoms. The molecule has 2 aromatic heterocycles. The van der Waals surface area contributed by atoms with Gasteiger partial charge in [0.05, 0.1) is 10.5 Å². The molecule has 2 aromatic carbocycles. The van der Waals surface area contributed by atoms with Gasteiger partial charge in [-0.05, 0) is 48.7 Å². The fraction of sp³-hybridized carbons (Fsp3) is 0.227. The Morgan fingerprint density at radius 3 is 2.80 bits per heavy atom. The Morgan fingerprint density at radius 1 is 1.10 bits per heavy atom. The number of aromatic nitrogens is 4. The highest BCUT2D eigenvalue weighted by atomic mass is 35.5. The number of rotatable bonds is 7. The lowest BCUT2D eigenvalue weighted by atomic mass is 10.1. The molecule has 0 aliphatic heterocycles. The van der Waals surface area contributed by atoms with Gasteiger partial charge in [-0.15, -0.1) is 10.2 Å². The number of para-hydroxylation sites is 1. The minimum absolute atomic E-state index is 0.257. The third-order valence-electron chi connectivity index (χ3n) is 5.00. The molecule has 1 aliphatic rings. The summed E-state index contributed by atoms with van der Waals surface area (Å²) in [5, 5.41) is 10.7. The van der Waals surface area contributed by atoms with Crippen LogP contribution < -0.4 is 4.74 Å². The van der Waals surface area contributed by atoms with E-state index in [1.54, 1.807) is 42.2 Å². The van der Waals surface area contributed by atoms with E-state index in [1.807, 2.05) is 18.2 Å². The van der Waals surface area contributed by atoms with E-state index in [1.165, 1.54) is 6.07 Å². The molecule has 0 unspecified atom stereocenters. The zero-order chi connectivity index (χ0) is 20.5. The molecule has 152 valence electrons. The van der Waals surface area contributed by atoms with E-state index in [4.69, 9.17) is 16.3 Å². The Hall–Kier alpha value is -2.64. The van der Waals surface area contributed by atoms with Crippen molar-refractivity contribution >= 4 is 34.3 Å². The number of hydrogen-bond donors (Lipinski definition) is 0. The summed E-state index contributed by atoms with van der Waals surface area (Å²) in [5.74, 6) is 1.78. The summed E-state index contributed by atoms with van der Waals surface area (Å²) in [6.07, 6.45) is 3.89. The average Bonchev–Trinajstić information content (AvgIpc) is 3.53. The molecular formula is C22H18ClFN4OS. The van der Waals surface area contributed by atoms with Crippen molar-refractivity contribution in [2.75, 3.05) is 0 Å². The maximum Gasteiger partial charge on any atom is 0.191 e. The van der Waals surface area contributed by atoms with Crippen LogP contribution in [0.5, 0.6) is 5.75 Å². The average molecular weight is 441 g/mol. The number of fused-ring (bicyclic) bond motifs is 1. The van der Waals surface area contributed by atoms with E-state index in [0.29, 0.717) is 40.1 Å². The van der Waals surface area contributed by atoms with Gasteiger partial charge in [0, 0.05) is 23.4 Å². The van der Waals surface area contributed by atoms with Gasteiger partial charge in [-0.1, -0.05) is 41.6 Å². The van der Waals surface area contributed by atoms with Crippen LogP contribution in [0.1, 0.15) is 30.3 Å². The fourth-order valence-electron chi connectivity index (χ4n) is 3.36. The van der Waals surface area contributed by atoms with Gasteiger partial charge < -0.3 is 4.74 Å². The van der Waals surface area contributed by atoms with Crippen LogP contribution in [0.3, 0.4) is 0 Å². The number of pyridine rings is 1. The van der Waals surface area contributed by atoms with Crippen molar-refractivity contribution in [1.29, 1.82) is 0 Å². The molecule has 5 nitrogen and oxygen atoms in total. The van der Waals surface area contributed by atoms with Crippen LogP contribution in [0, 0.1) is 5.82 Å². The van der Waals surface area contributed by atoms with Gasteiger partial charge in [0.1, 0.15) is 18.2 Å². The molecule has 1 fully saturated rings. The highest BCUT2D eigenvalue weighted by molar-refractivity contribution is 7.98. The molecule has 0 atom stereocenters. The minimum Gasteiger partial charge on any atom is -0.484 e. The van der Waals surface area contributed by atoms with Gasteiger partial charge in [0.25, 0.3) is 0 Å². The Bertz CT molecular complexity index is 1210. The topological polar surface area (TPSA) is 52.8 Å². The van der Waals surface area contributed by atoms with Gasteiger partial charge in [-0.2, -0.15) is 0 Å². The van der Waals surface area contributed by atoms with Crippen molar-refractivity contribution in [2.24, 2.45) is 0 Å². The highest BCUT2D eigenvalue weighted by Gasteiger charge is 2.30. The molecule has 30 heavy (non-hydrogen) atoms. The Balaban J connectivity index is 1.36. The Kier molecular flexibility index (Phi) is 5.31. The fourth-order valence-corrected chi connectivity index (χ4v) is 4.56. The second-order valence-corrected chi connectivity index (χ2v) is 8.46. The van der Waals surface area contributed by atoms with E-state index < -0.39 is 0 Å². The number of hydrogen-bond acceptors (Lipinski definition) is 5. The normalized spacial score (nSPS) is 13.7. The molecule has 2 heterocycles. The third kappa shape index (κ3) is 3.87. The molecule has 0 N–H and O–H groups in total. The predicted octanol–water partition coefficient (Wildman–Crippen LogP) is 5.83. The van der Waals surface area contributed by atoms with Crippen molar-refractivity contribution in [3.8, 4) is 5.75 Å². The van der Waals surface area contributed by atoms with E-state index >= 15 is 0 Å². The molecule has 0 amide bonds. The largest absolute Gasteiger partial charge is 0.484 e. The number of benzene rings is 2. The molecule has 0 saturated heterocycles. The summed E-state index contributed by atoms with van der Waals surface area (Å²) in [7, 11) is 0. The van der Waals surface area contributed by atoms with Gasteiger partial charge in [0.2, 0.25) is 0 Å². The lowest BCUT2D eigenvalue weighted by Gasteiger charge is -2.11. The molecule has 0 spiro atoms. The summed E-state index contributed by atoms with van der Waals surface area (Å²) in [6, 6.07) is 14.6. The van der Waals surface area contributed by atoms with E-state index in [9.17, 15) is 4.39 Å². The van der Waals surface area contributed by atoms with Crippen molar-refractivity contribution in [2.45, 2.75) is 36.4 Å². The van der Waals surface area contributed by atoms with Crippen LogP contribution in [-0.4, -0.2) is 19.7 Å². The quantitative estimate of drug-likeness (QED) is 0.339. The van der Waals surface area contributed by atoms with Crippen LogP contribution in [0.15, 0.2) is 59.9 Å². The van der Waals surface area contributed by atoms with Gasteiger partial charge in [-0.25, -0.2) is 4.39 Å². The number of halogens is 2. The molecule has 8 heteroatoms. The van der Waals surface area contributed by atoms with E-state index in [-0.39, 0.29) is 5.82 Å². The predicted molar refractivity (Wildman–Crippen MR) is 115 cm³/mol. The first-order valence-corrected chi connectivity index (χ1v) is 11.0. The summed E-state index contributed by atoms with van der Waals surface area (Å²) >= 11 is 7.76. The van der Waals surface area contributed by atoms with Crippen LogP contribution in [0.2, 0.25) is 5.02 Å². The van der Waals surface area contributed by atoms with Gasteiger partial charge in [-0.3, -0.25) is 9.55 Å². The minimum atomic E-state index is -0.257. The summed E-state index contributed by atoms with van der Waals surface area (Å²) in [5.41, 5.74) is 1.65. The zero-order valence-corrected chi connectivity index (χ0v) is 17.5. The zero-order valence-electron chi connectivity index (χ0n) is 16.0. The smallest absolute Gasteiger partial charge is 0.191 e. The number of ether oxygens (including phenoxy) is 1. The van der Waals surface area contributed by atoms with E-state index in [2.05, 4.69) is 19.7 Å². The monoisotopic (exact) mass is 440 g/mol. The van der Waals surface area contributed by atoms with Crippen LogP contribution in [-0.2, 0) is 12.4 Å². The Morgan fingerprint density at radius 2 is 1.97 bits per heavy atom. The lowest BCUT2D eigenvalue weighted by molar-refractivity contribution is 0.288. The molecule has 4 aromatic rings. The summed E-state index contributed by atoms with van der Waals surface area (Å²) in [4.78, 5) is 4.37. The van der Waals surface area contributed by atoms with Crippen molar-refractivity contribution in [3.63, 3.8) is 0 Å². The first-order chi connectivity index (χ1) is 14.7. The number of nitrogens with zero attached hydrogens (tertiary/aromatic N) is 4. The van der Waals surface area contributed by atoms with Crippen molar-refractivity contribution < 1.29 is 9.13 Å². The number of thioether (sulfide) groups is 1. The first kappa shape index (κ1) is 19.3. The van der Waals surface area contributed by atoms with Crippen LogP contribution in [0.25, 0.3) is 10.9 Å². The summed E-state index contributed by atoms with van der Waals surface area (Å²) in [6.45, 7) is 0.300. The molecule has 1 aliphatic carbocycles. The second-order valence-electron chi connectivity index (χ2n) is 7.11. The van der Waals surface area contributed by atoms with Gasteiger partial charge >= 0.3 is 0 Å². The standard InChI is InChI=1S/C22H18ClFN4OS/c23-17-5-1-2-6-19(17)29-12-20-26-27-22(28(20)15-8-9-15)30-13-14-7-10-18(24)16-4-3-11-25-21(14)16/h1-7,10-11,15H,8-9,12-13H2. The van der Waals surface area contributed by atoms with Crippen LogP contribution >= 0.6 is 23.4 Å². The molecular weight excluding hydrogens is 423 g/mol. The first-order valence-electron chi connectivity index (χ1n) is 9.66. The second kappa shape index (κ2) is 8.24. The Labute approximate surface area is 182 Å². The summed E-state index contributed by atoms with van der Waals surface area (Å²) < 4.78 is 22.1.